The molecule has 0 bridgehead atoms. The molecule has 6 nitrogen and oxygen atoms in total. The molecule has 0 rings (SSSR count). The SMILES string of the molecule is CC/C=C\C/C=C\C/C=C\C/C=C\C/C=C\C/C=C\C/C=C\CCCC(=O)OCC(COC(=O)CCCCCCCC)OC(=O)CCCCCCCCCCCCCCCCCCCCCCC. The second-order valence-corrected chi connectivity index (χ2v) is 18.8. The van der Waals surface area contributed by atoms with E-state index in [1.807, 2.05) is 0 Å². The van der Waals surface area contributed by atoms with Crippen molar-refractivity contribution >= 4 is 17.9 Å². The van der Waals surface area contributed by atoms with Gasteiger partial charge in [-0.3, -0.25) is 14.4 Å². The molecule has 0 aliphatic carbocycles. The molecule has 0 amide bonds. The highest BCUT2D eigenvalue weighted by atomic mass is 16.6. The fourth-order valence-electron chi connectivity index (χ4n) is 7.90. The van der Waals surface area contributed by atoms with Crippen LogP contribution in [0.25, 0.3) is 0 Å². The van der Waals surface area contributed by atoms with Crippen LogP contribution < -0.4 is 0 Å². The smallest absolute Gasteiger partial charge is 0.306 e. The van der Waals surface area contributed by atoms with Gasteiger partial charge in [-0.05, 0) is 70.6 Å². The number of rotatable bonds is 51. The Balaban J connectivity index is 4.25. The standard InChI is InChI=1S/C62H106O6/c1-4-7-10-13-16-18-20-22-24-26-28-30-31-33-34-36-38-40-42-44-46-49-52-55-61(64)67-58-59(57-66-60(63)54-51-48-15-12-9-6-3)68-62(65)56-53-50-47-45-43-41-39-37-35-32-29-27-25-23-21-19-17-14-11-8-5-2/h7,10,16,18,22,24,28,30,33-34,38,40,44,46,59H,4-6,8-9,11-15,17,19-21,23,25-27,29,31-32,35-37,39,41-43,45,47-58H2,1-3H3/b10-7-,18-16-,24-22-,30-28-,34-33-,40-38-,46-44-. The first-order valence-corrected chi connectivity index (χ1v) is 28.6. The van der Waals surface area contributed by atoms with E-state index in [1.54, 1.807) is 0 Å². The summed E-state index contributed by atoms with van der Waals surface area (Å²) in [6, 6.07) is 0. The first kappa shape index (κ1) is 64.6. The van der Waals surface area contributed by atoms with Crippen LogP contribution in [0.3, 0.4) is 0 Å². The average Bonchev–Trinajstić information content (AvgIpc) is 3.34. The highest BCUT2D eigenvalue weighted by Gasteiger charge is 2.19. The molecule has 0 aliphatic rings. The van der Waals surface area contributed by atoms with Gasteiger partial charge in [-0.1, -0.05) is 266 Å². The lowest BCUT2D eigenvalue weighted by atomic mass is 10.0. The van der Waals surface area contributed by atoms with Crippen molar-refractivity contribution in [3.63, 3.8) is 0 Å². The van der Waals surface area contributed by atoms with E-state index in [-0.39, 0.29) is 37.5 Å². The lowest BCUT2D eigenvalue weighted by Crippen LogP contribution is -2.30. The van der Waals surface area contributed by atoms with Crippen molar-refractivity contribution in [3.05, 3.63) is 85.1 Å². The Morgan fingerprint density at radius 3 is 0.897 bits per heavy atom. The number of allylic oxidation sites excluding steroid dienone is 14. The van der Waals surface area contributed by atoms with Gasteiger partial charge < -0.3 is 14.2 Å². The van der Waals surface area contributed by atoms with E-state index in [1.165, 1.54) is 135 Å². The minimum Gasteiger partial charge on any atom is -0.462 e. The third-order valence-corrected chi connectivity index (χ3v) is 12.2. The van der Waals surface area contributed by atoms with E-state index in [0.717, 1.165) is 89.9 Å². The van der Waals surface area contributed by atoms with E-state index in [9.17, 15) is 14.4 Å². The van der Waals surface area contributed by atoms with Gasteiger partial charge in [0, 0.05) is 19.3 Å². The van der Waals surface area contributed by atoms with Crippen molar-refractivity contribution in [1.29, 1.82) is 0 Å². The molecule has 0 aromatic rings. The zero-order valence-corrected chi connectivity index (χ0v) is 44.6. The van der Waals surface area contributed by atoms with Gasteiger partial charge >= 0.3 is 17.9 Å². The number of carbonyl (C=O) groups excluding carboxylic acids is 3. The van der Waals surface area contributed by atoms with Crippen molar-refractivity contribution in [3.8, 4) is 0 Å². The van der Waals surface area contributed by atoms with E-state index >= 15 is 0 Å². The minimum atomic E-state index is -0.795. The Kier molecular flexibility index (Phi) is 53.4. The Hall–Kier alpha value is -3.41. The highest BCUT2D eigenvalue weighted by molar-refractivity contribution is 5.71. The Bertz CT molecular complexity index is 1320. The van der Waals surface area contributed by atoms with Crippen molar-refractivity contribution in [2.45, 2.75) is 277 Å². The third kappa shape index (κ3) is 53.5. The van der Waals surface area contributed by atoms with Crippen molar-refractivity contribution in [2.75, 3.05) is 13.2 Å². The number of hydrogen-bond donors (Lipinski definition) is 0. The van der Waals surface area contributed by atoms with Gasteiger partial charge in [0.15, 0.2) is 6.10 Å². The number of unbranched alkanes of at least 4 members (excludes halogenated alkanes) is 26. The van der Waals surface area contributed by atoms with Crippen LogP contribution in [-0.4, -0.2) is 37.2 Å². The second-order valence-electron chi connectivity index (χ2n) is 18.8. The summed E-state index contributed by atoms with van der Waals surface area (Å²) in [6.07, 6.45) is 73.3. The molecule has 0 heterocycles. The maximum Gasteiger partial charge on any atom is 0.306 e. The summed E-state index contributed by atoms with van der Waals surface area (Å²) >= 11 is 0. The quantitative estimate of drug-likeness (QED) is 0.0262. The summed E-state index contributed by atoms with van der Waals surface area (Å²) in [5.74, 6) is -0.958. The summed E-state index contributed by atoms with van der Waals surface area (Å²) in [5, 5.41) is 0. The zero-order valence-electron chi connectivity index (χ0n) is 44.6. The van der Waals surface area contributed by atoms with Gasteiger partial charge in [-0.15, -0.1) is 0 Å². The molecule has 6 heteroatoms. The van der Waals surface area contributed by atoms with Crippen molar-refractivity contribution in [2.24, 2.45) is 0 Å². The molecule has 0 N–H and O–H groups in total. The van der Waals surface area contributed by atoms with E-state index < -0.39 is 6.10 Å². The van der Waals surface area contributed by atoms with Crippen LogP contribution in [0.1, 0.15) is 271 Å². The second kappa shape index (κ2) is 56.2. The third-order valence-electron chi connectivity index (χ3n) is 12.2. The van der Waals surface area contributed by atoms with Crippen molar-refractivity contribution in [1.82, 2.24) is 0 Å². The summed E-state index contributed by atoms with van der Waals surface area (Å²) in [6.45, 7) is 6.43. The molecule has 1 atom stereocenters. The molecule has 0 aliphatic heterocycles. The van der Waals surface area contributed by atoms with Crippen LogP contribution >= 0.6 is 0 Å². The molecule has 68 heavy (non-hydrogen) atoms. The normalized spacial score (nSPS) is 12.7. The summed E-state index contributed by atoms with van der Waals surface area (Å²) in [5.41, 5.74) is 0. The first-order valence-electron chi connectivity index (χ1n) is 28.6. The zero-order chi connectivity index (χ0) is 49.3. The van der Waals surface area contributed by atoms with E-state index in [0.29, 0.717) is 19.3 Å². The van der Waals surface area contributed by atoms with Gasteiger partial charge in [0.05, 0.1) is 0 Å². The predicted octanol–water partition coefficient (Wildman–Crippen LogP) is 19.2. The molecule has 0 radical (unpaired) electrons. The molecule has 0 fully saturated rings. The van der Waals surface area contributed by atoms with Gasteiger partial charge in [0.25, 0.3) is 0 Å². The van der Waals surface area contributed by atoms with Crippen LogP contribution in [0.15, 0.2) is 85.1 Å². The van der Waals surface area contributed by atoms with Gasteiger partial charge in [0.1, 0.15) is 13.2 Å². The van der Waals surface area contributed by atoms with Crippen LogP contribution in [0.5, 0.6) is 0 Å². The van der Waals surface area contributed by atoms with Gasteiger partial charge in [-0.25, -0.2) is 0 Å². The number of carbonyl (C=O) groups is 3. The summed E-state index contributed by atoms with van der Waals surface area (Å²) < 4.78 is 16.7. The topological polar surface area (TPSA) is 78.9 Å². The van der Waals surface area contributed by atoms with Gasteiger partial charge in [0.2, 0.25) is 0 Å². The Morgan fingerprint density at radius 2 is 0.574 bits per heavy atom. The maximum absolute atomic E-state index is 12.8. The molecule has 0 spiro atoms. The first-order chi connectivity index (χ1) is 33.5. The minimum absolute atomic E-state index is 0.0929. The highest BCUT2D eigenvalue weighted by Crippen LogP contribution is 2.16. The number of esters is 3. The fraction of sp³-hybridized carbons (Fsp3) is 0.726. The predicted molar refractivity (Wildman–Crippen MR) is 293 cm³/mol. The molecule has 1 unspecified atom stereocenters. The Labute approximate surface area is 420 Å². The van der Waals surface area contributed by atoms with E-state index in [4.69, 9.17) is 14.2 Å². The monoisotopic (exact) mass is 947 g/mol. The molecule has 0 saturated carbocycles. The molecule has 390 valence electrons. The molecular formula is C62H106O6. The Morgan fingerprint density at radius 1 is 0.309 bits per heavy atom. The molecule has 0 aromatic carbocycles. The maximum atomic E-state index is 12.8. The lowest BCUT2D eigenvalue weighted by Gasteiger charge is -2.18. The number of hydrogen-bond acceptors (Lipinski definition) is 6. The lowest BCUT2D eigenvalue weighted by molar-refractivity contribution is -0.167. The fourth-order valence-corrected chi connectivity index (χ4v) is 7.90. The summed E-state index contributed by atoms with van der Waals surface area (Å²) in [4.78, 5) is 37.9. The molecule has 0 aromatic heterocycles. The largest absolute Gasteiger partial charge is 0.462 e. The van der Waals surface area contributed by atoms with Crippen molar-refractivity contribution < 1.29 is 28.6 Å². The van der Waals surface area contributed by atoms with Crippen LogP contribution in [0.4, 0.5) is 0 Å². The van der Waals surface area contributed by atoms with Crippen LogP contribution in [0, 0.1) is 0 Å². The van der Waals surface area contributed by atoms with Crippen LogP contribution in [-0.2, 0) is 28.6 Å². The van der Waals surface area contributed by atoms with Gasteiger partial charge in [-0.2, -0.15) is 0 Å². The number of ether oxygens (including phenoxy) is 3. The summed E-state index contributed by atoms with van der Waals surface area (Å²) in [7, 11) is 0. The average molecular weight is 948 g/mol. The molecular weight excluding hydrogens is 841 g/mol. The van der Waals surface area contributed by atoms with Crippen LogP contribution in [0.2, 0.25) is 0 Å². The van der Waals surface area contributed by atoms with E-state index in [2.05, 4.69) is 106 Å². The molecule has 0 saturated heterocycles.